The standard InChI is InChI=1S/C11H18N2O3S2/c1-8(2)6-18(15,16)7-10(14)13(4)11-12-9(3)5-17-11/h5,8H,6-7H2,1-4H3. The number of sulfone groups is 1. The Bertz CT molecular complexity index is 520. The zero-order valence-electron chi connectivity index (χ0n) is 11.0. The average Bonchev–Trinajstić information content (AvgIpc) is 2.60. The molecule has 0 aliphatic carbocycles. The Labute approximate surface area is 112 Å². The minimum atomic E-state index is -3.34. The van der Waals surface area contributed by atoms with Crippen LogP contribution in [0.4, 0.5) is 5.13 Å². The minimum absolute atomic E-state index is 0.0233. The summed E-state index contributed by atoms with van der Waals surface area (Å²) in [5.41, 5.74) is 0.819. The zero-order valence-corrected chi connectivity index (χ0v) is 12.6. The second-order valence-corrected chi connectivity index (χ2v) is 7.62. The first-order valence-corrected chi connectivity index (χ1v) is 8.30. The van der Waals surface area contributed by atoms with Gasteiger partial charge < -0.3 is 0 Å². The van der Waals surface area contributed by atoms with Gasteiger partial charge in [0.15, 0.2) is 15.0 Å². The van der Waals surface area contributed by atoms with Crippen LogP contribution in [0.25, 0.3) is 0 Å². The molecular formula is C11H18N2O3S2. The lowest BCUT2D eigenvalue weighted by Gasteiger charge is -2.14. The first kappa shape index (κ1) is 15.1. The molecule has 1 heterocycles. The van der Waals surface area contributed by atoms with Gasteiger partial charge in [-0.2, -0.15) is 0 Å². The predicted molar refractivity (Wildman–Crippen MR) is 73.8 cm³/mol. The Morgan fingerprint density at radius 1 is 1.50 bits per heavy atom. The van der Waals surface area contributed by atoms with Gasteiger partial charge in [-0.25, -0.2) is 13.4 Å². The van der Waals surface area contributed by atoms with Crippen LogP contribution in [0.3, 0.4) is 0 Å². The fourth-order valence-electron chi connectivity index (χ4n) is 1.45. The second-order valence-electron chi connectivity index (χ2n) is 4.67. The van der Waals surface area contributed by atoms with Gasteiger partial charge in [0.25, 0.3) is 0 Å². The number of aromatic nitrogens is 1. The van der Waals surface area contributed by atoms with Crippen LogP contribution in [0.15, 0.2) is 5.38 Å². The number of amides is 1. The van der Waals surface area contributed by atoms with Crippen molar-refractivity contribution in [3.63, 3.8) is 0 Å². The molecule has 0 radical (unpaired) electrons. The highest BCUT2D eigenvalue weighted by Crippen LogP contribution is 2.19. The molecule has 0 N–H and O–H groups in total. The molecule has 1 amide bonds. The molecule has 0 aliphatic heterocycles. The van der Waals surface area contributed by atoms with E-state index in [1.165, 1.54) is 16.2 Å². The van der Waals surface area contributed by atoms with Crippen molar-refractivity contribution >= 4 is 32.2 Å². The van der Waals surface area contributed by atoms with Gasteiger partial charge in [0.1, 0.15) is 5.75 Å². The number of hydrogen-bond donors (Lipinski definition) is 0. The third-order valence-electron chi connectivity index (χ3n) is 2.20. The Balaban J connectivity index is 2.71. The summed E-state index contributed by atoms with van der Waals surface area (Å²) in [5.74, 6) is -0.843. The molecular weight excluding hydrogens is 272 g/mol. The van der Waals surface area contributed by atoms with Crippen LogP contribution in [0.1, 0.15) is 19.5 Å². The summed E-state index contributed by atoms with van der Waals surface area (Å²) in [4.78, 5) is 17.3. The largest absolute Gasteiger partial charge is 0.290 e. The van der Waals surface area contributed by atoms with Gasteiger partial charge in [-0.15, -0.1) is 11.3 Å². The quantitative estimate of drug-likeness (QED) is 0.824. The topological polar surface area (TPSA) is 67.3 Å². The Kier molecular flexibility index (Phi) is 4.86. The van der Waals surface area contributed by atoms with E-state index in [0.29, 0.717) is 5.13 Å². The Morgan fingerprint density at radius 2 is 2.11 bits per heavy atom. The van der Waals surface area contributed by atoms with Crippen molar-refractivity contribution in [2.75, 3.05) is 23.5 Å². The maximum absolute atomic E-state index is 11.9. The van der Waals surface area contributed by atoms with Gasteiger partial charge in [-0.3, -0.25) is 9.69 Å². The van der Waals surface area contributed by atoms with Crippen LogP contribution in [0.5, 0.6) is 0 Å². The number of carbonyl (C=O) groups is 1. The van der Waals surface area contributed by atoms with Crippen LogP contribution in [-0.4, -0.2) is 37.9 Å². The molecule has 5 nitrogen and oxygen atoms in total. The number of anilines is 1. The van der Waals surface area contributed by atoms with E-state index < -0.39 is 21.5 Å². The van der Waals surface area contributed by atoms with Crippen molar-refractivity contribution in [1.29, 1.82) is 0 Å². The SMILES string of the molecule is Cc1csc(N(C)C(=O)CS(=O)(=O)CC(C)C)n1. The highest BCUT2D eigenvalue weighted by atomic mass is 32.2. The first-order chi connectivity index (χ1) is 8.21. The Hall–Kier alpha value is -0.950. The summed E-state index contributed by atoms with van der Waals surface area (Å²) in [6.07, 6.45) is 0. The number of thiazole rings is 1. The van der Waals surface area contributed by atoms with Crippen molar-refractivity contribution in [3.8, 4) is 0 Å². The van der Waals surface area contributed by atoms with E-state index in [1.807, 2.05) is 26.2 Å². The molecule has 1 rings (SSSR count). The van der Waals surface area contributed by atoms with Crippen molar-refractivity contribution in [1.82, 2.24) is 4.98 Å². The van der Waals surface area contributed by atoms with Gasteiger partial charge in [0.05, 0.1) is 11.4 Å². The number of rotatable bonds is 5. The lowest BCUT2D eigenvalue weighted by Crippen LogP contribution is -2.33. The predicted octanol–water partition coefficient (Wildman–Crippen LogP) is 1.49. The van der Waals surface area contributed by atoms with Gasteiger partial charge in [-0.1, -0.05) is 13.8 Å². The molecule has 0 saturated carbocycles. The molecule has 102 valence electrons. The summed E-state index contributed by atoms with van der Waals surface area (Å²) in [6, 6.07) is 0. The lowest BCUT2D eigenvalue weighted by atomic mass is 10.3. The highest BCUT2D eigenvalue weighted by molar-refractivity contribution is 7.92. The van der Waals surface area contributed by atoms with Crippen molar-refractivity contribution in [2.24, 2.45) is 5.92 Å². The molecule has 0 bridgehead atoms. The maximum atomic E-state index is 11.9. The zero-order chi connectivity index (χ0) is 13.9. The van der Waals surface area contributed by atoms with Gasteiger partial charge in [0, 0.05) is 12.4 Å². The van der Waals surface area contributed by atoms with Gasteiger partial charge in [-0.05, 0) is 12.8 Å². The molecule has 1 aromatic heterocycles. The molecule has 0 fully saturated rings. The summed E-state index contributed by atoms with van der Waals surface area (Å²) in [5, 5.41) is 2.35. The highest BCUT2D eigenvalue weighted by Gasteiger charge is 2.22. The fraction of sp³-hybridized carbons (Fsp3) is 0.636. The molecule has 0 spiro atoms. The van der Waals surface area contributed by atoms with Gasteiger partial charge >= 0.3 is 0 Å². The summed E-state index contributed by atoms with van der Waals surface area (Å²) in [7, 11) is -1.79. The van der Waals surface area contributed by atoms with E-state index in [2.05, 4.69) is 4.98 Å². The average molecular weight is 290 g/mol. The van der Waals surface area contributed by atoms with E-state index in [9.17, 15) is 13.2 Å². The molecule has 18 heavy (non-hydrogen) atoms. The van der Waals surface area contributed by atoms with E-state index in [0.717, 1.165) is 5.69 Å². The fourth-order valence-corrected chi connectivity index (χ4v) is 3.94. The monoisotopic (exact) mass is 290 g/mol. The minimum Gasteiger partial charge on any atom is -0.290 e. The van der Waals surface area contributed by atoms with Crippen molar-refractivity contribution in [2.45, 2.75) is 20.8 Å². The Morgan fingerprint density at radius 3 is 2.56 bits per heavy atom. The molecule has 7 heteroatoms. The summed E-state index contributed by atoms with van der Waals surface area (Å²) in [6.45, 7) is 5.46. The van der Waals surface area contributed by atoms with Crippen LogP contribution in [-0.2, 0) is 14.6 Å². The number of nitrogens with zero attached hydrogens (tertiary/aromatic N) is 2. The summed E-state index contributed by atoms with van der Waals surface area (Å²) >= 11 is 1.33. The van der Waals surface area contributed by atoms with Crippen LogP contribution in [0, 0.1) is 12.8 Å². The van der Waals surface area contributed by atoms with Crippen LogP contribution < -0.4 is 4.90 Å². The maximum Gasteiger partial charge on any atom is 0.243 e. The molecule has 0 unspecified atom stereocenters. The van der Waals surface area contributed by atoms with E-state index in [-0.39, 0.29) is 11.7 Å². The summed E-state index contributed by atoms with van der Waals surface area (Å²) < 4.78 is 23.5. The molecule has 0 aromatic carbocycles. The number of aryl methyl sites for hydroxylation is 1. The van der Waals surface area contributed by atoms with Crippen LogP contribution >= 0.6 is 11.3 Å². The molecule has 0 atom stereocenters. The third kappa shape index (κ3) is 4.38. The third-order valence-corrected chi connectivity index (χ3v) is 5.09. The molecule has 0 saturated heterocycles. The normalized spacial score (nSPS) is 11.8. The van der Waals surface area contributed by atoms with Crippen molar-refractivity contribution < 1.29 is 13.2 Å². The molecule has 1 aromatic rings. The van der Waals surface area contributed by atoms with Crippen molar-refractivity contribution in [3.05, 3.63) is 11.1 Å². The van der Waals surface area contributed by atoms with Crippen LogP contribution in [0.2, 0.25) is 0 Å². The van der Waals surface area contributed by atoms with E-state index >= 15 is 0 Å². The number of hydrogen-bond acceptors (Lipinski definition) is 5. The van der Waals surface area contributed by atoms with Gasteiger partial charge in [0.2, 0.25) is 5.91 Å². The van der Waals surface area contributed by atoms with E-state index in [1.54, 1.807) is 7.05 Å². The first-order valence-electron chi connectivity index (χ1n) is 5.60. The lowest BCUT2D eigenvalue weighted by molar-refractivity contribution is -0.115. The second kappa shape index (κ2) is 5.79. The smallest absolute Gasteiger partial charge is 0.243 e. The number of carbonyl (C=O) groups excluding carboxylic acids is 1. The van der Waals surface area contributed by atoms with E-state index in [4.69, 9.17) is 0 Å². The molecule has 0 aliphatic rings.